The van der Waals surface area contributed by atoms with Gasteiger partial charge in [-0.25, -0.2) is 8.42 Å². The zero-order valence-electron chi connectivity index (χ0n) is 18.5. The summed E-state index contributed by atoms with van der Waals surface area (Å²) in [6.07, 6.45) is 4.63. The highest BCUT2D eigenvalue weighted by atomic mass is 32.2. The molecule has 0 aliphatic carbocycles. The number of nitrogens with one attached hydrogen (secondary N) is 1. The van der Waals surface area contributed by atoms with Crippen molar-refractivity contribution in [2.75, 3.05) is 17.1 Å². The molecule has 6 heteroatoms. The third kappa shape index (κ3) is 5.70. The van der Waals surface area contributed by atoms with Crippen molar-refractivity contribution >= 4 is 32.2 Å². The minimum atomic E-state index is -3.70. The number of anilines is 2. The summed E-state index contributed by atoms with van der Waals surface area (Å²) in [5, 5.41) is 1.50. The molecule has 3 aromatic carbocycles. The Hall–Kier alpha value is -2.73. The summed E-state index contributed by atoms with van der Waals surface area (Å²) in [4.78, 5) is 0.223. The van der Waals surface area contributed by atoms with Gasteiger partial charge in [0.1, 0.15) is 5.75 Å². The Balaban J connectivity index is 1.84. The summed E-state index contributed by atoms with van der Waals surface area (Å²) in [5.74, 6) is 1.27. The van der Waals surface area contributed by atoms with Gasteiger partial charge in [0, 0.05) is 16.5 Å². The SMILES string of the molecule is CCCCC(CC)COc1ccc2c(NS(=O)(=O)c3ccc(C)cc3)ccc(N)c2c1. The number of benzene rings is 3. The van der Waals surface area contributed by atoms with Crippen LogP contribution in [-0.2, 0) is 10.0 Å². The van der Waals surface area contributed by atoms with Gasteiger partial charge in [0.2, 0.25) is 0 Å². The summed E-state index contributed by atoms with van der Waals surface area (Å²) in [6, 6.07) is 15.8. The van der Waals surface area contributed by atoms with Crippen molar-refractivity contribution in [3.63, 3.8) is 0 Å². The van der Waals surface area contributed by atoms with Crippen LogP contribution in [-0.4, -0.2) is 15.0 Å². The van der Waals surface area contributed by atoms with Gasteiger partial charge < -0.3 is 10.5 Å². The molecule has 166 valence electrons. The summed E-state index contributed by atoms with van der Waals surface area (Å²) in [6.45, 7) is 6.98. The number of ether oxygens (including phenoxy) is 1. The lowest BCUT2D eigenvalue weighted by atomic mass is 10.0. The first-order valence-corrected chi connectivity index (χ1v) is 12.4. The molecule has 0 radical (unpaired) electrons. The fourth-order valence-electron chi connectivity index (χ4n) is 3.56. The Morgan fingerprint density at radius 1 is 1.00 bits per heavy atom. The Kier molecular flexibility index (Phi) is 7.44. The molecule has 1 atom stereocenters. The van der Waals surface area contributed by atoms with Crippen molar-refractivity contribution in [3.8, 4) is 5.75 Å². The summed E-state index contributed by atoms with van der Waals surface area (Å²) in [7, 11) is -3.70. The van der Waals surface area contributed by atoms with Crippen molar-refractivity contribution in [3.05, 3.63) is 60.2 Å². The molecular weight excluding hydrogens is 408 g/mol. The molecule has 1 unspecified atom stereocenters. The van der Waals surface area contributed by atoms with Crippen LogP contribution in [0, 0.1) is 12.8 Å². The first-order chi connectivity index (χ1) is 14.8. The molecule has 0 saturated heterocycles. The van der Waals surface area contributed by atoms with E-state index in [0.717, 1.165) is 34.9 Å². The lowest BCUT2D eigenvalue weighted by Gasteiger charge is -2.17. The van der Waals surface area contributed by atoms with Crippen LogP contribution in [0.4, 0.5) is 11.4 Å². The van der Waals surface area contributed by atoms with Crippen molar-refractivity contribution in [1.82, 2.24) is 0 Å². The van der Waals surface area contributed by atoms with E-state index in [-0.39, 0.29) is 4.90 Å². The minimum absolute atomic E-state index is 0.223. The average Bonchev–Trinajstić information content (AvgIpc) is 2.76. The van der Waals surface area contributed by atoms with Crippen LogP contribution in [0.15, 0.2) is 59.5 Å². The van der Waals surface area contributed by atoms with E-state index in [1.807, 2.05) is 25.1 Å². The number of aryl methyl sites for hydroxylation is 1. The number of sulfonamides is 1. The summed E-state index contributed by atoms with van der Waals surface area (Å²) >= 11 is 0. The van der Waals surface area contributed by atoms with Gasteiger partial charge in [-0.05, 0) is 61.7 Å². The smallest absolute Gasteiger partial charge is 0.261 e. The fourth-order valence-corrected chi connectivity index (χ4v) is 4.64. The number of hydrogen-bond acceptors (Lipinski definition) is 4. The third-order valence-electron chi connectivity index (χ3n) is 5.63. The molecule has 3 N–H and O–H groups in total. The van der Waals surface area contributed by atoms with E-state index in [1.54, 1.807) is 36.4 Å². The zero-order valence-corrected chi connectivity index (χ0v) is 19.3. The zero-order chi connectivity index (χ0) is 22.4. The molecule has 0 saturated carbocycles. The number of rotatable bonds is 10. The fraction of sp³-hybridized carbons (Fsp3) is 0.360. The van der Waals surface area contributed by atoms with Crippen molar-refractivity contribution in [2.45, 2.75) is 51.3 Å². The standard InChI is InChI=1S/C25H32N2O3S/c1-4-6-7-19(5-2)17-30-20-10-13-22-23(16-20)24(26)14-15-25(22)27-31(28,29)21-11-8-18(3)9-12-21/h8-16,19,27H,4-7,17,26H2,1-3H3. The minimum Gasteiger partial charge on any atom is -0.493 e. The highest BCUT2D eigenvalue weighted by molar-refractivity contribution is 7.92. The van der Waals surface area contributed by atoms with Gasteiger partial charge in [0.25, 0.3) is 10.0 Å². The van der Waals surface area contributed by atoms with Crippen molar-refractivity contribution in [1.29, 1.82) is 0 Å². The Labute approximate surface area is 185 Å². The van der Waals surface area contributed by atoms with Crippen LogP contribution in [0.2, 0.25) is 0 Å². The van der Waals surface area contributed by atoms with Gasteiger partial charge >= 0.3 is 0 Å². The summed E-state index contributed by atoms with van der Waals surface area (Å²) in [5.41, 5.74) is 8.28. The molecular formula is C25H32N2O3S. The maximum atomic E-state index is 12.8. The Morgan fingerprint density at radius 2 is 1.74 bits per heavy atom. The predicted octanol–water partition coefficient (Wildman–Crippen LogP) is 6.13. The number of fused-ring (bicyclic) bond motifs is 1. The summed E-state index contributed by atoms with van der Waals surface area (Å²) < 4.78 is 34.4. The predicted molar refractivity (Wildman–Crippen MR) is 129 cm³/mol. The van der Waals surface area contributed by atoms with Gasteiger partial charge in [-0.1, -0.05) is 50.8 Å². The molecule has 0 aromatic heterocycles. The van der Waals surface area contributed by atoms with Gasteiger partial charge in [0.15, 0.2) is 0 Å². The molecule has 0 amide bonds. The highest BCUT2D eigenvalue weighted by Gasteiger charge is 2.16. The lowest BCUT2D eigenvalue weighted by Crippen LogP contribution is -2.13. The number of unbranched alkanes of at least 4 members (excludes halogenated alkanes) is 1. The second-order valence-corrected chi connectivity index (χ2v) is 9.74. The van der Waals surface area contributed by atoms with E-state index < -0.39 is 10.0 Å². The second kappa shape index (κ2) is 10.1. The molecule has 0 heterocycles. The Bertz CT molecular complexity index is 1130. The first kappa shape index (κ1) is 22.9. The van der Waals surface area contributed by atoms with E-state index in [9.17, 15) is 8.42 Å². The monoisotopic (exact) mass is 440 g/mol. The van der Waals surface area contributed by atoms with Crippen molar-refractivity contribution < 1.29 is 13.2 Å². The molecule has 3 rings (SSSR count). The second-order valence-electron chi connectivity index (χ2n) is 8.06. The van der Waals surface area contributed by atoms with Crippen LogP contribution in [0.5, 0.6) is 5.75 Å². The molecule has 0 fully saturated rings. The van der Waals surface area contributed by atoms with Gasteiger partial charge in [-0.3, -0.25) is 4.72 Å². The Morgan fingerprint density at radius 3 is 2.42 bits per heavy atom. The van der Waals surface area contributed by atoms with E-state index in [0.29, 0.717) is 23.9 Å². The van der Waals surface area contributed by atoms with Crippen LogP contribution in [0.1, 0.15) is 45.1 Å². The van der Waals surface area contributed by atoms with Crippen LogP contribution < -0.4 is 15.2 Å². The third-order valence-corrected chi connectivity index (χ3v) is 7.01. The quantitative estimate of drug-likeness (QED) is 0.372. The van der Waals surface area contributed by atoms with Crippen LogP contribution in [0.3, 0.4) is 0 Å². The van der Waals surface area contributed by atoms with Gasteiger partial charge in [-0.15, -0.1) is 0 Å². The van der Waals surface area contributed by atoms with Gasteiger partial charge in [0.05, 0.1) is 17.2 Å². The van der Waals surface area contributed by atoms with E-state index in [2.05, 4.69) is 18.6 Å². The lowest BCUT2D eigenvalue weighted by molar-refractivity contribution is 0.233. The topological polar surface area (TPSA) is 81.4 Å². The normalized spacial score (nSPS) is 12.6. The van der Waals surface area contributed by atoms with E-state index in [4.69, 9.17) is 10.5 Å². The largest absolute Gasteiger partial charge is 0.493 e. The van der Waals surface area contributed by atoms with E-state index in [1.165, 1.54) is 12.8 Å². The maximum Gasteiger partial charge on any atom is 0.261 e. The van der Waals surface area contributed by atoms with Crippen molar-refractivity contribution in [2.24, 2.45) is 5.92 Å². The molecule has 0 spiro atoms. The van der Waals surface area contributed by atoms with E-state index >= 15 is 0 Å². The average molecular weight is 441 g/mol. The number of hydrogen-bond donors (Lipinski definition) is 2. The molecule has 5 nitrogen and oxygen atoms in total. The molecule has 3 aromatic rings. The molecule has 0 aliphatic rings. The first-order valence-electron chi connectivity index (χ1n) is 10.9. The number of nitrogen functional groups attached to an aromatic ring is 1. The highest BCUT2D eigenvalue weighted by Crippen LogP contribution is 2.33. The van der Waals surface area contributed by atoms with Crippen LogP contribution >= 0.6 is 0 Å². The van der Waals surface area contributed by atoms with Gasteiger partial charge in [-0.2, -0.15) is 0 Å². The molecule has 0 bridgehead atoms. The number of nitrogens with two attached hydrogens (primary N) is 1. The molecule has 31 heavy (non-hydrogen) atoms. The van der Waals surface area contributed by atoms with Crippen LogP contribution in [0.25, 0.3) is 10.8 Å². The maximum absolute atomic E-state index is 12.8. The molecule has 0 aliphatic heterocycles.